The van der Waals surface area contributed by atoms with E-state index in [0.717, 1.165) is 43.7 Å². The second-order valence-electron chi connectivity index (χ2n) is 9.59. The van der Waals surface area contributed by atoms with E-state index in [-0.39, 0.29) is 11.6 Å². The standard InChI is InChI=1S/C28H28N4O5/c1-36-17-21-4-2-13-31(21)28-29-23-10-9-20(14-26(23)37-28)32-16-22(27(34)35)25(33)15-24(32)18-5-7-19(8-6-18)30-11-3-12-30/h5-10,14-16,21H,2-4,11-13,17H2,1H3,(H,34,35)/t21-/m1/s1. The summed E-state index contributed by atoms with van der Waals surface area (Å²) in [7, 11) is 1.70. The number of pyridine rings is 1. The Hall–Kier alpha value is -4.11. The van der Waals surface area contributed by atoms with Crippen molar-refractivity contribution < 1.29 is 19.1 Å². The van der Waals surface area contributed by atoms with Gasteiger partial charge in [-0.2, -0.15) is 4.98 Å². The summed E-state index contributed by atoms with van der Waals surface area (Å²) in [5.41, 5.74) is 3.70. The lowest BCUT2D eigenvalue weighted by molar-refractivity contribution is 0.0695. The average Bonchev–Trinajstić information content (AvgIpc) is 3.49. The zero-order chi connectivity index (χ0) is 25.5. The first-order chi connectivity index (χ1) is 18.0. The molecule has 0 aliphatic carbocycles. The summed E-state index contributed by atoms with van der Waals surface area (Å²) in [5.74, 6) is -1.26. The zero-order valence-corrected chi connectivity index (χ0v) is 20.6. The summed E-state index contributed by atoms with van der Waals surface area (Å²) < 4.78 is 13.3. The summed E-state index contributed by atoms with van der Waals surface area (Å²) >= 11 is 0. The number of anilines is 2. The van der Waals surface area contributed by atoms with Gasteiger partial charge in [-0.25, -0.2) is 4.79 Å². The molecule has 0 amide bonds. The highest BCUT2D eigenvalue weighted by atomic mass is 16.5. The Balaban J connectivity index is 1.42. The number of aromatic carboxylic acids is 1. The highest BCUT2D eigenvalue weighted by Crippen LogP contribution is 2.31. The number of carbonyl (C=O) groups is 1. The van der Waals surface area contributed by atoms with Gasteiger partial charge in [-0.1, -0.05) is 12.1 Å². The molecule has 9 nitrogen and oxygen atoms in total. The van der Waals surface area contributed by atoms with Gasteiger partial charge in [0.15, 0.2) is 11.0 Å². The Kier molecular flexibility index (Phi) is 5.92. The minimum Gasteiger partial charge on any atom is -0.477 e. The number of oxazole rings is 1. The predicted molar refractivity (Wildman–Crippen MR) is 141 cm³/mol. The van der Waals surface area contributed by atoms with Crippen LogP contribution in [0.5, 0.6) is 0 Å². The topological polar surface area (TPSA) is 101 Å². The number of methoxy groups -OCH3 is 1. The summed E-state index contributed by atoms with van der Waals surface area (Å²) in [6, 6.07) is 15.7. The van der Waals surface area contributed by atoms with Gasteiger partial charge in [0.05, 0.1) is 18.3 Å². The molecule has 2 fully saturated rings. The van der Waals surface area contributed by atoms with E-state index in [4.69, 9.17) is 9.15 Å². The number of hydrogen-bond acceptors (Lipinski definition) is 7. The van der Waals surface area contributed by atoms with Gasteiger partial charge in [0.1, 0.15) is 11.1 Å². The maximum Gasteiger partial charge on any atom is 0.341 e. The molecule has 9 heteroatoms. The second-order valence-corrected chi connectivity index (χ2v) is 9.59. The predicted octanol–water partition coefficient (Wildman–Crippen LogP) is 4.17. The molecule has 1 N–H and O–H groups in total. The molecule has 1 atom stereocenters. The summed E-state index contributed by atoms with van der Waals surface area (Å²) in [4.78, 5) is 33.6. The molecule has 0 spiro atoms. The number of ether oxygens (including phenoxy) is 1. The minimum absolute atomic E-state index is 0.223. The molecule has 0 bridgehead atoms. The van der Waals surface area contributed by atoms with E-state index in [2.05, 4.69) is 14.8 Å². The van der Waals surface area contributed by atoms with Crippen LogP contribution in [0.3, 0.4) is 0 Å². The van der Waals surface area contributed by atoms with Crippen LogP contribution in [0.1, 0.15) is 29.6 Å². The van der Waals surface area contributed by atoms with Crippen molar-refractivity contribution in [3.8, 4) is 16.9 Å². The fourth-order valence-electron chi connectivity index (χ4n) is 5.17. The van der Waals surface area contributed by atoms with Crippen molar-refractivity contribution in [1.29, 1.82) is 0 Å². The fraction of sp³-hybridized carbons (Fsp3) is 0.321. The molecule has 37 heavy (non-hydrogen) atoms. The Morgan fingerprint density at radius 1 is 1.08 bits per heavy atom. The van der Waals surface area contributed by atoms with Crippen LogP contribution in [0.4, 0.5) is 11.7 Å². The van der Waals surface area contributed by atoms with Crippen molar-refractivity contribution in [2.45, 2.75) is 25.3 Å². The van der Waals surface area contributed by atoms with Crippen LogP contribution in [0.2, 0.25) is 0 Å². The molecule has 2 aromatic carbocycles. The van der Waals surface area contributed by atoms with Gasteiger partial charge in [0.25, 0.3) is 6.01 Å². The van der Waals surface area contributed by atoms with Crippen LogP contribution in [0.15, 0.2) is 63.9 Å². The second kappa shape index (κ2) is 9.40. The van der Waals surface area contributed by atoms with E-state index in [1.807, 2.05) is 42.5 Å². The lowest BCUT2D eigenvalue weighted by Gasteiger charge is -2.33. The number of aromatic nitrogens is 2. The first-order valence-electron chi connectivity index (χ1n) is 12.5. The summed E-state index contributed by atoms with van der Waals surface area (Å²) in [5, 5.41) is 9.63. The molecule has 2 aromatic heterocycles. The zero-order valence-electron chi connectivity index (χ0n) is 20.6. The van der Waals surface area contributed by atoms with Crippen molar-refractivity contribution >= 4 is 28.8 Å². The molecule has 6 rings (SSSR count). The first-order valence-corrected chi connectivity index (χ1v) is 12.5. The highest BCUT2D eigenvalue weighted by molar-refractivity contribution is 5.88. The van der Waals surface area contributed by atoms with Gasteiger partial charge in [0, 0.05) is 56.4 Å². The van der Waals surface area contributed by atoms with Crippen molar-refractivity contribution in [2.75, 3.05) is 43.2 Å². The van der Waals surface area contributed by atoms with E-state index in [0.29, 0.717) is 35.1 Å². The average molecular weight is 501 g/mol. The molecular formula is C28H28N4O5. The molecule has 4 heterocycles. The van der Waals surface area contributed by atoms with Crippen LogP contribution >= 0.6 is 0 Å². The van der Waals surface area contributed by atoms with E-state index in [1.54, 1.807) is 11.7 Å². The van der Waals surface area contributed by atoms with E-state index >= 15 is 0 Å². The van der Waals surface area contributed by atoms with Gasteiger partial charge in [0.2, 0.25) is 0 Å². The smallest absolute Gasteiger partial charge is 0.341 e. The van der Waals surface area contributed by atoms with Gasteiger partial charge >= 0.3 is 5.97 Å². The molecular weight excluding hydrogens is 472 g/mol. The highest BCUT2D eigenvalue weighted by Gasteiger charge is 2.28. The number of benzene rings is 2. The van der Waals surface area contributed by atoms with Gasteiger partial charge < -0.3 is 28.6 Å². The number of hydrogen-bond donors (Lipinski definition) is 1. The van der Waals surface area contributed by atoms with E-state index < -0.39 is 11.4 Å². The summed E-state index contributed by atoms with van der Waals surface area (Å²) in [6.45, 7) is 3.55. The molecule has 0 unspecified atom stereocenters. The molecule has 0 saturated carbocycles. The number of carboxylic acids is 1. The maximum atomic E-state index is 12.7. The fourth-order valence-corrected chi connectivity index (χ4v) is 5.17. The van der Waals surface area contributed by atoms with Crippen molar-refractivity contribution in [1.82, 2.24) is 9.55 Å². The van der Waals surface area contributed by atoms with Crippen LogP contribution in [0.25, 0.3) is 28.0 Å². The maximum absolute atomic E-state index is 12.7. The lowest BCUT2D eigenvalue weighted by Crippen LogP contribution is -2.36. The first kappa shape index (κ1) is 23.3. The van der Waals surface area contributed by atoms with Crippen molar-refractivity contribution in [3.05, 3.63) is 70.5 Å². The third-order valence-corrected chi connectivity index (χ3v) is 7.29. The number of fused-ring (bicyclic) bond motifs is 1. The Labute approximate surface area is 213 Å². The third kappa shape index (κ3) is 4.25. The Morgan fingerprint density at radius 2 is 1.86 bits per heavy atom. The van der Waals surface area contributed by atoms with Crippen LogP contribution in [0, 0.1) is 0 Å². The minimum atomic E-state index is -1.26. The van der Waals surface area contributed by atoms with Gasteiger partial charge in [-0.15, -0.1) is 0 Å². The normalized spacial score (nSPS) is 17.4. The van der Waals surface area contributed by atoms with Crippen molar-refractivity contribution in [2.24, 2.45) is 0 Å². The van der Waals surface area contributed by atoms with Gasteiger partial charge in [-0.3, -0.25) is 4.79 Å². The SMILES string of the molecule is COC[C@H]1CCCN1c1nc2ccc(-n3cc(C(=O)O)c(=O)cc3-c3ccc(N4CCC4)cc3)cc2o1. The molecule has 190 valence electrons. The number of carboxylic acid groups (broad SMARTS) is 1. The molecule has 2 aliphatic rings. The van der Waals surface area contributed by atoms with E-state index in [1.165, 1.54) is 18.7 Å². The van der Waals surface area contributed by atoms with Crippen LogP contribution in [-0.2, 0) is 4.74 Å². The number of nitrogens with zero attached hydrogens (tertiary/aromatic N) is 4. The van der Waals surface area contributed by atoms with Crippen LogP contribution < -0.4 is 15.2 Å². The molecule has 2 saturated heterocycles. The largest absolute Gasteiger partial charge is 0.477 e. The molecule has 0 radical (unpaired) electrons. The number of rotatable bonds is 7. The lowest BCUT2D eigenvalue weighted by atomic mass is 10.1. The monoisotopic (exact) mass is 500 g/mol. The van der Waals surface area contributed by atoms with Crippen LogP contribution in [-0.4, -0.2) is 60.0 Å². The quantitative estimate of drug-likeness (QED) is 0.404. The molecule has 4 aromatic rings. The Morgan fingerprint density at radius 3 is 2.57 bits per heavy atom. The third-order valence-electron chi connectivity index (χ3n) is 7.29. The van der Waals surface area contributed by atoms with E-state index in [9.17, 15) is 14.7 Å². The summed E-state index contributed by atoms with van der Waals surface area (Å²) in [6.07, 6.45) is 4.64. The van der Waals surface area contributed by atoms with Gasteiger partial charge in [-0.05, 0) is 49.1 Å². The van der Waals surface area contributed by atoms with Crippen molar-refractivity contribution in [3.63, 3.8) is 0 Å². The molecule has 2 aliphatic heterocycles. The Bertz CT molecular complexity index is 1520.